The molecular weight excluding hydrogens is 416 g/mol. The lowest BCUT2D eigenvalue weighted by atomic mass is 10.1. The predicted octanol–water partition coefficient (Wildman–Crippen LogP) is 4.23. The first kappa shape index (κ1) is 20.8. The fourth-order valence-electron chi connectivity index (χ4n) is 3.73. The van der Waals surface area contributed by atoms with Gasteiger partial charge in [-0.3, -0.25) is 9.69 Å². The molecular formula is C23H25ClN4OS. The van der Waals surface area contributed by atoms with Gasteiger partial charge in [0.25, 0.3) is 5.56 Å². The Bertz CT molecular complexity index is 1070. The summed E-state index contributed by atoms with van der Waals surface area (Å²) < 4.78 is 2.45. The molecule has 2 aromatic heterocycles. The van der Waals surface area contributed by atoms with Crippen molar-refractivity contribution in [3.63, 3.8) is 0 Å². The minimum atomic E-state index is -0.0457. The molecule has 1 aromatic carbocycles. The van der Waals surface area contributed by atoms with E-state index in [9.17, 15) is 4.79 Å². The quantitative estimate of drug-likeness (QED) is 0.575. The first-order valence-electron chi connectivity index (χ1n) is 10.1. The number of hydrogen-bond acceptors (Lipinski definition) is 5. The molecule has 0 aliphatic carbocycles. The average molecular weight is 441 g/mol. The third kappa shape index (κ3) is 5.19. The van der Waals surface area contributed by atoms with Gasteiger partial charge in [0.05, 0.1) is 10.9 Å². The second-order valence-corrected chi connectivity index (χ2v) is 9.35. The number of hydrogen-bond donors (Lipinski definition) is 0. The molecule has 1 fully saturated rings. The van der Waals surface area contributed by atoms with Gasteiger partial charge in [0.15, 0.2) is 5.82 Å². The highest BCUT2D eigenvalue weighted by Crippen LogP contribution is 2.22. The van der Waals surface area contributed by atoms with E-state index in [0.717, 1.165) is 41.9 Å². The van der Waals surface area contributed by atoms with Gasteiger partial charge in [-0.25, -0.2) is 4.98 Å². The molecule has 0 unspecified atom stereocenters. The van der Waals surface area contributed by atoms with Crippen molar-refractivity contribution in [1.82, 2.24) is 14.5 Å². The lowest BCUT2D eigenvalue weighted by molar-refractivity contribution is 0.278. The third-order valence-corrected chi connectivity index (χ3v) is 6.42. The number of aromatic nitrogens is 2. The molecule has 4 rings (SSSR count). The Labute approximate surface area is 185 Å². The molecule has 1 aliphatic heterocycles. The highest BCUT2D eigenvalue weighted by Gasteiger charge is 2.21. The summed E-state index contributed by atoms with van der Waals surface area (Å²) in [5, 5.41) is 0. The van der Waals surface area contributed by atoms with E-state index in [0.29, 0.717) is 12.4 Å². The Morgan fingerprint density at radius 1 is 1.13 bits per heavy atom. The molecule has 3 heterocycles. The molecule has 3 aromatic rings. The molecule has 30 heavy (non-hydrogen) atoms. The van der Waals surface area contributed by atoms with Crippen LogP contribution in [0.5, 0.6) is 0 Å². The Kier molecular flexibility index (Phi) is 6.67. The summed E-state index contributed by atoms with van der Waals surface area (Å²) in [7, 11) is 0. The van der Waals surface area contributed by atoms with Crippen molar-refractivity contribution in [2.75, 3.05) is 37.6 Å². The molecule has 7 heteroatoms. The number of thiophene rings is 1. The van der Waals surface area contributed by atoms with Crippen molar-refractivity contribution >= 4 is 34.8 Å². The number of rotatable bonds is 6. The lowest BCUT2D eigenvalue weighted by Gasteiger charge is -2.35. The van der Waals surface area contributed by atoms with Crippen LogP contribution in [0.4, 0.5) is 5.82 Å². The number of halogens is 1. The van der Waals surface area contributed by atoms with Crippen LogP contribution in [0.15, 0.2) is 65.2 Å². The van der Waals surface area contributed by atoms with Crippen LogP contribution in [0.3, 0.4) is 0 Å². The van der Waals surface area contributed by atoms with Crippen LogP contribution >= 0.6 is 22.9 Å². The standard InChI is InChI=1S/C23H25ClN4OS/c1-18(15-19-5-3-2-4-6-19)16-26-11-13-27(14-12-26)22-23(29)28(10-9-25-22)17-20-7-8-21(24)30-20/h2-10,15H,11-14,16-17H2,1H3/b18-15+. The Morgan fingerprint density at radius 3 is 2.60 bits per heavy atom. The van der Waals surface area contributed by atoms with Gasteiger partial charge in [0.2, 0.25) is 0 Å². The normalized spacial score (nSPS) is 15.5. The molecule has 5 nitrogen and oxygen atoms in total. The van der Waals surface area contributed by atoms with Gasteiger partial charge in [0.1, 0.15) is 0 Å². The van der Waals surface area contributed by atoms with Gasteiger partial charge in [-0.15, -0.1) is 11.3 Å². The van der Waals surface area contributed by atoms with E-state index in [4.69, 9.17) is 11.6 Å². The van der Waals surface area contributed by atoms with Crippen LogP contribution in [-0.4, -0.2) is 47.2 Å². The summed E-state index contributed by atoms with van der Waals surface area (Å²) in [4.78, 5) is 22.9. The second kappa shape index (κ2) is 9.60. The summed E-state index contributed by atoms with van der Waals surface area (Å²) in [6.07, 6.45) is 5.69. The highest BCUT2D eigenvalue weighted by molar-refractivity contribution is 7.16. The van der Waals surface area contributed by atoms with Crippen LogP contribution in [0.25, 0.3) is 6.08 Å². The number of nitrogens with zero attached hydrogens (tertiary/aromatic N) is 4. The third-order valence-electron chi connectivity index (χ3n) is 5.21. The molecule has 1 saturated heterocycles. The van der Waals surface area contributed by atoms with Gasteiger partial charge in [-0.05, 0) is 24.6 Å². The van der Waals surface area contributed by atoms with Crippen LogP contribution in [0, 0.1) is 0 Å². The topological polar surface area (TPSA) is 41.4 Å². The van der Waals surface area contributed by atoms with Crippen LogP contribution < -0.4 is 10.5 Å². The van der Waals surface area contributed by atoms with Gasteiger partial charge in [-0.2, -0.15) is 0 Å². The van der Waals surface area contributed by atoms with Gasteiger partial charge < -0.3 is 9.47 Å². The zero-order valence-electron chi connectivity index (χ0n) is 17.0. The summed E-state index contributed by atoms with van der Waals surface area (Å²) in [5.41, 5.74) is 2.52. The fourth-order valence-corrected chi connectivity index (χ4v) is 4.82. The summed E-state index contributed by atoms with van der Waals surface area (Å²) in [6.45, 7) is 7.07. The van der Waals surface area contributed by atoms with Crippen LogP contribution in [0.2, 0.25) is 4.34 Å². The van der Waals surface area contributed by atoms with Crippen molar-refractivity contribution in [2.24, 2.45) is 0 Å². The number of piperazine rings is 1. The molecule has 1 aliphatic rings. The van der Waals surface area contributed by atoms with Crippen molar-refractivity contribution < 1.29 is 0 Å². The van der Waals surface area contributed by atoms with E-state index in [1.54, 1.807) is 17.0 Å². The van der Waals surface area contributed by atoms with Gasteiger partial charge in [0, 0.05) is 50.0 Å². The minimum Gasteiger partial charge on any atom is -0.349 e. The Balaban J connectivity index is 1.37. The molecule has 0 atom stereocenters. The average Bonchev–Trinajstić information content (AvgIpc) is 3.16. The smallest absolute Gasteiger partial charge is 0.293 e. The molecule has 0 N–H and O–H groups in total. The SMILES string of the molecule is C/C(=C\c1ccccc1)CN1CCN(c2nccn(Cc3ccc(Cl)s3)c2=O)CC1. The molecule has 0 amide bonds. The molecule has 0 radical (unpaired) electrons. The monoisotopic (exact) mass is 440 g/mol. The molecule has 0 spiro atoms. The van der Waals surface area contributed by atoms with E-state index >= 15 is 0 Å². The minimum absolute atomic E-state index is 0.0457. The molecule has 0 saturated carbocycles. The van der Waals surface area contributed by atoms with Crippen molar-refractivity contribution in [1.29, 1.82) is 0 Å². The van der Waals surface area contributed by atoms with E-state index in [-0.39, 0.29) is 5.56 Å². The lowest BCUT2D eigenvalue weighted by Crippen LogP contribution is -2.49. The maximum atomic E-state index is 12.9. The van der Waals surface area contributed by atoms with Crippen LogP contribution in [-0.2, 0) is 6.54 Å². The number of anilines is 1. The van der Waals surface area contributed by atoms with E-state index in [2.05, 4.69) is 52.0 Å². The van der Waals surface area contributed by atoms with Crippen molar-refractivity contribution in [2.45, 2.75) is 13.5 Å². The number of benzene rings is 1. The summed E-state index contributed by atoms with van der Waals surface area (Å²) in [6, 6.07) is 14.2. The van der Waals surface area contributed by atoms with Crippen LogP contribution in [0.1, 0.15) is 17.4 Å². The molecule has 0 bridgehead atoms. The zero-order valence-corrected chi connectivity index (χ0v) is 18.6. The maximum absolute atomic E-state index is 12.9. The summed E-state index contributed by atoms with van der Waals surface area (Å²) >= 11 is 7.52. The predicted molar refractivity (Wildman–Crippen MR) is 126 cm³/mol. The zero-order chi connectivity index (χ0) is 20.9. The van der Waals surface area contributed by atoms with E-state index < -0.39 is 0 Å². The summed E-state index contributed by atoms with van der Waals surface area (Å²) in [5.74, 6) is 0.538. The van der Waals surface area contributed by atoms with E-state index in [1.807, 2.05) is 18.2 Å². The maximum Gasteiger partial charge on any atom is 0.293 e. The first-order chi connectivity index (χ1) is 14.6. The Hall–Kier alpha value is -2.41. The largest absolute Gasteiger partial charge is 0.349 e. The highest BCUT2D eigenvalue weighted by atomic mass is 35.5. The molecule has 156 valence electrons. The van der Waals surface area contributed by atoms with Gasteiger partial charge in [-0.1, -0.05) is 53.6 Å². The van der Waals surface area contributed by atoms with Gasteiger partial charge >= 0.3 is 0 Å². The van der Waals surface area contributed by atoms with Crippen molar-refractivity contribution in [3.8, 4) is 0 Å². The Morgan fingerprint density at radius 2 is 1.90 bits per heavy atom. The first-order valence-corrected chi connectivity index (χ1v) is 11.3. The van der Waals surface area contributed by atoms with E-state index in [1.165, 1.54) is 22.5 Å². The second-order valence-electron chi connectivity index (χ2n) is 7.55. The fraction of sp³-hybridized carbons (Fsp3) is 0.304. The van der Waals surface area contributed by atoms with Crippen molar-refractivity contribution in [3.05, 3.63) is 85.6 Å².